The molecule has 0 unspecified atom stereocenters. The molecule has 4 heteroatoms. The van der Waals surface area contributed by atoms with Crippen molar-refractivity contribution in [2.24, 2.45) is 0 Å². The van der Waals surface area contributed by atoms with E-state index in [2.05, 4.69) is 21.6 Å². The number of nitrogens with one attached hydrogen (secondary N) is 2. The minimum Gasteiger partial charge on any atom is -0.353 e. The summed E-state index contributed by atoms with van der Waals surface area (Å²) in [6, 6.07) is 9.30. The van der Waals surface area contributed by atoms with Crippen molar-refractivity contribution in [2.75, 3.05) is 5.32 Å². The second-order valence-corrected chi connectivity index (χ2v) is 2.80. The zero-order chi connectivity index (χ0) is 9.80. The van der Waals surface area contributed by atoms with Crippen LogP contribution in [-0.2, 0) is 0 Å². The molecule has 2 aromatic rings. The van der Waals surface area contributed by atoms with Crippen molar-refractivity contribution in [2.45, 2.75) is 0 Å². The van der Waals surface area contributed by atoms with E-state index in [4.69, 9.17) is 5.26 Å². The summed E-state index contributed by atoms with van der Waals surface area (Å²) < 4.78 is 0. The average molecular weight is 184 g/mol. The number of H-pyrrole nitrogens is 1. The molecule has 0 bridgehead atoms. The molecule has 68 valence electrons. The van der Waals surface area contributed by atoms with Gasteiger partial charge >= 0.3 is 0 Å². The van der Waals surface area contributed by atoms with Gasteiger partial charge in [0.25, 0.3) is 0 Å². The van der Waals surface area contributed by atoms with Gasteiger partial charge in [-0.1, -0.05) is 0 Å². The molecule has 4 nitrogen and oxygen atoms in total. The van der Waals surface area contributed by atoms with Gasteiger partial charge in [-0.05, 0) is 24.3 Å². The van der Waals surface area contributed by atoms with Gasteiger partial charge in [0.15, 0.2) is 0 Å². The van der Waals surface area contributed by atoms with Gasteiger partial charge in [-0.25, -0.2) is 0 Å². The molecule has 0 aliphatic carbocycles. The van der Waals surface area contributed by atoms with Crippen molar-refractivity contribution in [3.05, 3.63) is 42.2 Å². The van der Waals surface area contributed by atoms with Crippen molar-refractivity contribution in [3.8, 4) is 6.07 Å². The lowest BCUT2D eigenvalue weighted by atomic mass is 10.2. The Kier molecular flexibility index (Phi) is 2.15. The van der Waals surface area contributed by atoms with E-state index in [1.807, 2.05) is 12.1 Å². The van der Waals surface area contributed by atoms with Gasteiger partial charge in [0.1, 0.15) is 0 Å². The number of nitrogens with zero attached hydrogens (tertiary/aromatic N) is 2. The van der Waals surface area contributed by atoms with E-state index >= 15 is 0 Å². The molecular formula is C10H8N4. The van der Waals surface area contributed by atoms with Crippen LogP contribution < -0.4 is 5.32 Å². The van der Waals surface area contributed by atoms with Crippen LogP contribution in [0.3, 0.4) is 0 Å². The predicted molar refractivity (Wildman–Crippen MR) is 53.0 cm³/mol. The second kappa shape index (κ2) is 3.62. The van der Waals surface area contributed by atoms with Crippen LogP contribution in [0.2, 0.25) is 0 Å². The van der Waals surface area contributed by atoms with Crippen LogP contribution in [-0.4, -0.2) is 10.2 Å². The number of anilines is 2. The largest absolute Gasteiger partial charge is 0.353 e. The average Bonchev–Trinajstić information content (AvgIpc) is 2.72. The summed E-state index contributed by atoms with van der Waals surface area (Å²) in [5, 5.41) is 18.3. The first-order chi connectivity index (χ1) is 6.88. The number of aromatic amines is 1. The van der Waals surface area contributed by atoms with Crippen LogP contribution in [0.15, 0.2) is 36.7 Å². The van der Waals surface area contributed by atoms with Crippen LogP contribution in [0, 0.1) is 11.3 Å². The molecule has 0 aliphatic rings. The molecule has 0 fully saturated rings. The monoisotopic (exact) mass is 184 g/mol. The molecule has 0 aliphatic heterocycles. The summed E-state index contributed by atoms with van der Waals surface area (Å²) in [6.45, 7) is 0. The summed E-state index contributed by atoms with van der Waals surface area (Å²) >= 11 is 0. The maximum absolute atomic E-state index is 8.60. The second-order valence-electron chi connectivity index (χ2n) is 2.80. The highest BCUT2D eigenvalue weighted by Gasteiger charge is 1.95. The summed E-state index contributed by atoms with van der Waals surface area (Å²) in [6.07, 6.45) is 3.45. The third-order valence-corrected chi connectivity index (χ3v) is 1.80. The molecule has 0 atom stereocenters. The lowest BCUT2D eigenvalue weighted by Gasteiger charge is -2.01. The predicted octanol–water partition coefficient (Wildman–Crippen LogP) is 2.02. The molecule has 2 N–H and O–H groups in total. The number of hydrogen-bond donors (Lipinski definition) is 2. The van der Waals surface area contributed by atoms with Crippen molar-refractivity contribution in [1.82, 2.24) is 10.2 Å². The standard InChI is InChI=1S/C10H8N4/c11-5-8-1-3-9(4-2-8)14-10-6-12-13-7-10/h1-4,6-7,14H,(H,12,13). The van der Waals surface area contributed by atoms with Crippen LogP contribution >= 0.6 is 0 Å². The Labute approximate surface area is 81.2 Å². The van der Waals surface area contributed by atoms with Crippen molar-refractivity contribution in [1.29, 1.82) is 5.26 Å². The lowest BCUT2D eigenvalue weighted by Crippen LogP contribution is -1.87. The van der Waals surface area contributed by atoms with Gasteiger partial charge in [-0.3, -0.25) is 5.10 Å². The van der Waals surface area contributed by atoms with E-state index in [0.29, 0.717) is 5.56 Å². The maximum atomic E-state index is 8.60. The summed E-state index contributed by atoms with van der Waals surface area (Å²) in [4.78, 5) is 0. The van der Waals surface area contributed by atoms with Gasteiger partial charge in [-0.15, -0.1) is 0 Å². The van der Waals surface area contributed by atoms with E-state index in [-0.39, 0.29) is 0 Å². The number of nitriles is 1. The smallest absolute Gasteiger partial charge is 0.0991 e. The zero-order valence-electron chi connectivity index (χ0n) is 7.36. The Hall–Kier alpha value is -2.28. The van der Waals surface area contributed by atoms with E-state index in [1.165, 1.54) is 0 Å². The van der Waals surface area contributed by atoms with E-state index < -0.39 is 0 Å². The molecule has 2 rings (SSSR count). The molecule has 1 heterocycles. The normalized spacial score (nSPS) is 9.36. The first kappa shape index (κ1) is 8.32. The minimum absolute atomic E-state index is 0.655. The van der Waals surface area contributed by atoms with Crippen LogP contribution in [0.4, 0.5) is 11.4 Å². The molecule has 0 amide bonds. The molecule has 14 heavy (non-hydrogen) atoms. The highest BCUT2D eigenvalue weighted by Crippen LogP contribution is 2.14. The highest BCUT2D eigenvalue weighted by molar-refractivity contribution is 5.58. The number of hydrogen-bond acceptors (Lipinski definition) is 3. The Morgan fingerprint density at radius 1 is 1.21 bits per heavy atom. The molecule has 1 aromatic carbocycles. The van der Waals surface area contributed by atoms with Gasteiger partial charge < -0.3 is 5.32 Å². The molecule has 0 saturated heterocycles. The Balaban J connectivity index is 2.15. The minimum atomic E-state index is 0.655. The molecule has 0 radical (unpaired) electrons. The highest BCUT2D eigenvalue weighted by atomic mass is 15.1. The third-order valence-electron chi connectivity index (χ3n) is 1.80. The Morgan fingerprint density at radius 2 is 2.00 bits per heavy atom. The van der Waals surface area contributed by atoms with Crippen molar-refractivity contribution in [3.63, 3.8) is 0 Å². The van der Waals surface area contributed by atoms with Gasteiger partial charge in [0, 0.05) is 11.9 Å². The fraction of sp³-hybridized carbons (Fsp3) is 0. The van der Waals surface area contributed by atoms with Gasteiger partial charge in [-0.2, -0.15) is 10.4 Å². The summed E-state index contributed by atoms with van der Waals surface area (Å²) in [5.41, 5.74) is 2.49. The maximum Gasteiger partial charge on any atom is 0.0991 e. The third kappa shape index (κ3) is 1.72. The Bertz CT molecular complexity index is 436. The SMILES string of the molecule is N#Cc1ccc(Nc2cn[nH]c2)cc1. The first-order valence-corrected chi connectivity index (χ1v) is 4.14. The first-order valence-electron chi connectivity index (χ1n) is 4.14. The molecular weight excluding hydrogens is 176 g/mol. The Morgan fingerprint density at radius 3 is 2.57 bits per heavy atom. The van der Waals surface area contributed by atoms with Crippen molar-refractivity contribution >= 4 is 11.4 Å². The number of benzene rings is 1. The fourth-order valence-electron chi connectivity index (χ4n) is 1.11. The van der Waals surface area contributed by atoms with E-state index in [0.717, 1.165) is 11.4 Å². The summed E-state index contributed by atoms with van der Waals surface area (Å²) in [7, 11) is 0. The van der Waals surface area contributed by atoms with E-state index in [1.54, 1.807) is 24.5 Å². The lowest BCUT2D eigenvalue weighted by molar-refractivity contribution is 1.09. The molecule has 0 spiro atoms. The van der Waals surface area contributed by atoms with E-state index in [9.17, 15) is 0 Å². The van der Waals surface area contributed by atoms with Gasteiger partial charge in [0.05, 0.1) is 23.5 Å². The number of rotatable bonds is 2. The zero-order valence-corrected chi connectivity index (χ0v) is 7.36. The number of aromatic nitrogens is 2. The molecule has 1 aromatic heterocycles. The topological polar surface area (TPSA) is 64.5 Å². The van der Waals surface area contributed by atoms with Crippen molar-refractivity contribution < 1.29 is 0 Å². The quantitative estimate of drug-likeness (QED) is 0.750. The fourth-order valence-corrected chi connectivity index (χ4v) is 1.11. The van der Waals surface area contributed by atoms with Crippen LogP contribution in [0.1, 0.15) is 5.56 Å². The van der Waals surface area contributed by atoms with Crippen LogP contribution in [0.25, 0.3) is 0 Å². The van der Waals surface area contributed by atoms with Crippen LogP contribution in [0.5, 0.6) is 0 Å². The molecule has 0 saturated carbocycles. The summed E-state index contributed by atoms with van der Waals surface area (Å²) in [5.74, 6) is 0. The van der Waals surface area contributed by atoms with Gasteiger partial charge in [0.2, 0.25) is 0 Å².